The second kappa shape index (κ2) is 6.64. The number of nitrogens with zero attached hydrogens (tertiary/aromatic N) is 4. The van der Waals surface area contributed by atoms with Gasteiger partial charge in [0.25, 0.3) is 0 Å². The second-order valence-electron chi connectivity index (χ2n) is 7.74. The van der Waals surface area contributed by atoms with E-state index in [0.29, 0.717) is 0 Å². The molecule has 1 aromatic carbocycles. The summed E-state index contributed by atoms with van der Waals surface area (Å²) in [6.07, 6.45) is 6.98. The molecule has 0 bridgehead atoms. The standard InChI is InChI=1S/C22H22N4O2/c1-22(2,3)28-21(27)25(4)18-7-8-20-24-13-19(26(20)14-18)16-6-5-15-9-10-23-12-17(15)11-16/h5-14H,1-4H3. The first-order valence-electron chi connectivity index (χ1n) is 9.10. The number of imidazole rings is 1. The zero-order chi connectivity index (χ0) is 19.9. The van der Waals surface area contributed by atoms with E-state index in [1.54, 1.807) is 13.2 Å². The minimum atomic E-state index is -0.547. The van der Waals surface area contributed by atoms with Gasteiger partial charge in [-0.3, -0.25) is 14.3 Å². The van der Waals surface area contributed by atoms with Gasteiger partial charge < -0.3 is 4.74 Å². The van der Waals surface area contributed by atoms with Crippen molar-refractivity contribution in [1.82, 2.24) is 14.4 Å². The fourth-order valence-corrected chi connectivity index (χ4v) is 3.06. The van der Waals surface area contributed by atoms with Crippen LogP contribution in [0.4, 0.5) is 10.5 Å². The summed E-state index contributed by atoms with van der Waals surface area (Å²) >= 11 is 0. The topological polar surface area (TPSA) is 59.7 Å². The molecule has 3 heterocycles. The Kier molecular flexibility index (Phi) is 4.26. The molecule has 0 radical (unpaired) electrons. The van der Waals surface area contributed by atoms with Gasteiger partial charge in [0.15, 0.2) is 0 Å². The van der Waals surface area contributed by atoms with Crippen molar-refractivity contribution in [3.63, 3.8) is 0 Å². The summed E-state index contributed by atoms with van der Waals surface area (Å²) in [6.45, 7) is 5.56. The molecule has 0 saturated heterocycles. The van der Waals surface area contributed by atoms with Crippen molar-refractivity contribution in [2.24, 2.45) is 0 Å². The third kappa shape index (κ3) is 3.41. The van der Waals surface area contributed by atoms with Crippen LogP contribution in [-0.2, 0) is 4.74 Å². The highest BCUT2D eigenvalue weighted by Crippen LogP contribution is 2.27. The monoisotopic (exact) mass is 374 g/mol. The van der Waals surface area contributed by atoms with Crippen molar-refractivity contribution in [2.45, 2.75) is 26.4 Å². The van der Waals surface area contributed by atoms with Gasteiger partial charge in [-0.15, -0.1) is 0 Å². The molecular weight excluding hydrogens is 352 g/mol. The number of hydrogen-bond donors (Lipinski definition) is 0. The van der Waals surface area contributed by atoms with Crippen molar-refractivity contribution in [3.05, 3.63) is 61.2 Å². The summed E-state index contributed by atoms with van der Waals surface area (Å²) in [5.74, 6) is 0. The van der Waals surface area contributed by atoms with Crippen LogP contribution < -0.4 is 4.90 Å². The van der Waals surface area contributed by atoms with Gasteiger partial charge >= 0.3 is 6.09 Å². The summed E-state index contributed by atoms with van der Waals surface area (Å²) in [7, 11) is 1.70. The molecule has 1 amide bonds. The molecule has 0 atom stereocenters. The van der Waals surface area contributed by atoms with E-state index in [9.17, 15) is 4.79 Å². The fourth-order valence-electron chi connectivity index (χ4n) is 3.06. The molecule has 0 fully saturated rings. The molecule has 4 rings (SSSR count). The molecule has 0 spiro atoms. The summed E-state index contributed by atoms with van der Waals surface area (Å²) in [4.78, 5) is 22.6. The largest absolute Gasteiger partial charge is 0.443 e. The molecule has 0 aliphatic rings. The molecule has 3 aromatic heterocycles. The predicted molar refractivity (Wildman–Crippen MR) is 111 cm³/mol. The normalized spacial score (nSPS) is 11.7. The maximum Gasteiger partial charge on any atom is 0.414 e. The van der Waals surface area contributed by atoms with E-state index >= 15 is 0 Å². The summed E-state index contributed by atoms with van der Waals surface area (Å²) in [6, 6.07) is 12.0. The lowest BCUT2D eigenvalue weighted by molar-refractivity contribution is 0.0589. The van der Waals surface area contributed by atoms with Gasteiger partial charge in [-0.1, -0.05) is 12.1 Å². The quantitative estimate of drug-likeness (QED) is 0.500. The molecule has 0 aliphatic heterocycles. The highest BCUT2D eigenvalue weighted by molar-refractivity contribution is 5.88. The Balaban J connectivity index is 1.74. The van der Waals surface area contributed by atoms with E-state index in [1.165, 1.54) is 4.90 Å². The minimum Gasteiger partial charge on any atom is -0.443 e. The Morgan fingerprint density at radius 3 is 2.68 bits per heavy atom. The highest BCUT2D eigenvalue weighted by Gasteiger charge is 2.21. The van der Waals surface area contributed by atoms with E-state index in [1.807, 2.05) is 62.0 Å². The van der Waals surface area contributed by atoms with Crippen molar-refractivity contribution in [1.29, 1.82) is 0 Å². The number of benzene rings is 1. The van der Waals surface area contributed by atoms with Gasteiger partial charge in [-0.2, -0.15) is 0 Å². The number of pyridine rings is 2. The molecule has 0 unspecified atom stereocenters. The minimum absolute atomic E-state index is 0.398. The van der Waals surface area contributed by atoms with Crippen LogP contribution in [0.1, 0.15) is 20.8 Å². The Hall–Kier alpha value is -3.41. The number of fused-ring (bicyclic) bond motifs is 2. The van der Waals surface area contributed by atoms with Crippen LogP contribution in [0.3, 0.4) is 0 Å². The van der Waals surface area contributed by atoms with E-state index in [0.717, 1.165) is 33.4 Å². The van der Waals surface area contributed by atoms with Gasteiger partial charge in [0.1, 0.15) is 11.2 Å². The maximum atomic E-state index is 12.4. The second-order valence-corrected chi connectivity index (χ2v) is 7.74. The van der Waals surface area contributed by atoms with Gasteiger partial charge in [0.2, 0.25) is 0 Å². The van der Waals surface area contributed by atoms with E-state index < -0.39 is 11.7 Å². The molecule has 6 nitrogen and oxygen atoms in total. The molecule has 0 N–H and O–H groups in total. The first-order chi connectivity index (χ1) is 13.3. The Morgan fingerprint density at radius 1 is 1.07 bits per heavy atom. The lowest BCUT2D eigenvalue weighted by Crippen LogP contribution is -2.34. The lowest BCUT2D eigenvalue weighted by Gasteiger charge is -2.24. The predicted octanol–water partition coefficient (Wildman–Crippen LogP) is 4.92. The zero-order valence-corrected chi connectivity index (χ0v) is 16.4. The van der Waals surface area contributed by atoms with Crippen molar-refractivity contribution >= 4 is 28.2 Å². The van der Waals surface area contributed by atoms with Crippen molar-refractivity contribution in [3.8, 4) is 11.3 Å². The third-order valence-corrected chi connectivity index (χ3v) is 4.48. The van der Waals surface area contributed by atoms with Crippen LogP contribution in [0.15, 0.2) is 61.2 Å². The summed E-state index contributed by atoms with van der Waals surface area (Å²) in [5, 5.41) is 2.20. The van der Waals surface area contributed by atoms with Gasteiger partial charge in [0.05, 0.1) is 17.6 Å². The van der Waals surface area contributed by atoms with Crippen LogP contribution in [-0.4, -0.2) is 33.1 Å². The molecular formula is C22H22N4O2. The van der Waals surface area contributed by atoms with Crippen LogP contribution in [0.25, 0.3) is 27.7 Å². The first-order valence-corrected chi connectivity index (χ1v) is 9.10. The number of anilines is 1. The molecule has 4 aromatic rings. The van der Waals surface area contributed by atoms with Crippen LogP contribution in [0.5, 0.6) is 0 Å². The third-order valence-electron chi connectivity index (χ3n) is 4.48. The first kappa shape index (κ1) is 18.0. The van der Waals surface area contributed by atoms with Gasteiger partial charge in [-0.25, -0.2) is 9.78 Å². The number of rotatable bonds is 2. The molecule has 0 aliphatic carbocycles. The van der Waals surface area contributed by atoms with E-state index in [4.69, 9.17) is 4.74 Å². The Morgan fingerprint density at radius 2 is 1.89 bits per heavy atom. The number of carbonyl (C=O) groups is 1. The fraction of sp³-hybridized carbons (Fsp3) is 0.227. The molecule has 142 valence electrons. The van der Waals surface area contributed by atoms with Crippen molar-refractivity contribution in [2.75, 3.05) is 11.9 Å². The summed E-state index contributed by atoms with van der Waals surface area (Å²) < 4.78 is 7.45. The van der Waals surface area contributed by atoms with Crippen LogP contribution >= 0.6 is 0 Å². The molecule has 0 saturated carbocycles. The Bertz CT molecular complexity index is 1170. The number of aromatic nitrogens is 3. The van der Waals surface area contributed by atoms with Crippen LogP contribution in [0, 0.1) is 0 Å². The average molecular weight is 374 g/mol. The average Bonchev–Trinajstić information content (AvgIpc) is 3.08. The van der Waals surface area contributed by atoms with Gasteiger partial charge in [0, 0.05) is 36.6 Å². The van der Waals surface area contributed by atoms with Crippen molar-refractivity contribution < 1.29 is 9.53 Å². The smallest absolute Gasteiger partial charge is 0.414 e. The van der Waals surface area contributed by atoms with Gasteiger partial charge in [-0.05, 0) is 50.4 Å². The highest BCUT2D eigenvalue weighted by atomic mass is 16.6. The number of carbonyl (C=O) groups excluding carboxylic acids is 1. The molecule has 6 heteroatoms. The maximum absolute atomic E-state index is 12.4. The zero-order valence-electron chi connectivity index (χ0n) is 16.4. The molecule has 28 heavy (non-hydrogen) atoms. The van der Waals surface area contributed by atoms with E-state index in [2.05, 4.69) is 28.2 Å². The number of ether oxygens (including phenoxy) is 1. The number of hydrogen-bond acceptors (Lipinski definition) is 4. The Labute approximate surface area is 163 Å². The lowest BCUT2D eigenvalue weighted by atomic mass is 10.1. The van der Waals surface area contributed by atoms with E-state index in [-0.39, 0.29) is 0 Å². The SMILES string of the molecule is CN(C(=O)OC(C)(C)C)c1ccc2ncc(-c3ccc4ccncc4c3)n2c1. The number of amides is 1. The van der Waals surface area contributed by atoms with Crippen LogP contribution in [0.2, 0.25) is 0 Å². The summed E-state index contributed by atoms with van der Waals surface area (Å²) in [5.41, 5.74) is 2.96.